The van der Waals surface area contributed by atoms with Crippen molar-refractivity contribution in [3.63, 3.8) is 0 Å². The lowest BCUT2D eigenvalue weighted by Gasteiger charge is -2.31. The topological polar surface area (TPSA) is 28.2 Å². The lowest BCUT2D eigenvalue weighted by molar-refractivity contribution is 0.172. The van der Waals surface area contributed by atoms with Gasteiger partial charge in [0.05, 0.1) is 0 Å². The third kappa shape index (κ3) is 3.70. The monoisotopic (exact) mass is 247 g/mol. The molecule has 100 valence electrons. The van der Waals surface area contributed by atoms with Crippen LogP contribution in [0.25, 0.3) is 0 Å². The van der Waals surface area contributed by atoms with Crippen LogP contribution in [0.3, 0.4) is 0 Å². The first-order valence-electron chi connectivity index (χ1n) is 7.17. The highest BCUT2D eigenvalue weighted by Crippen LogP contribution is 2.23. The van der Waals surface area contributed by atoms with Crippen LogP contribution in [0.4, 0.5) is 5.82 Å². The molecule has 18 heavy (non-hydrogen) atoms. The Morgan fingerprint density at radius 1 is 1.39 bits per heavy atom. The zero-order valence-corrected chi connectivity index (χ0v) is 11.7. The molecule has 2 heterocycles. The lowest BCUT2D eigenvalue weighted by atomic mass is 9.92. The summed E-state index contributed by atoms with van der Waals surface area (Å²) >= 11 is 0. The predicted octanol–water partition coefficient (Wildman–Crippen LogP) is 3.14. The second kappa shape index (κ2) is 6.74. The summed E-state index contributed by atoms with van der Waals surface area (Å²) in [6.45, 7) is 5.86. The highest BCUT2D eigenvalue weighted by Gasteiger charge is 2.18. The second-order valence-electron chi connectivity index (χ2n) is 5.31. The van der Waals surface area contributed by atoms with Crippen molar-refractivity contribution >= 4 is 5.82 Å². The fraction of sp³-hybridized carbons (Fsp3) is 0.667. The molecule has 0 amide bonds. The summed E-state index contributed by atoms with van der Waals surface area (Å²) < 4.78 is 0. The number of likely N-dealkylation sites (tertiary alicyclic amines) is 1. The van der Waals surface area contributed by atoms with Gasteiger partial charge in [0.1, 0.15) is 5.82 Å². The summed E-state index contributed by atoms with van der Waals surface area (Å²) in [6.07, 6.45) is 7.38. The average Bonchev–Trinajstić information content (AvgIpc) is 2.42. The van der Waals surface area contributed by atoms with Crippen LogP contribution in [-0.4, -0.2) is 30.0 Å². The van der Waals surface area contributed by atoms with Crippen molar-refractivity contribution in [2.75, 3.05) is 25.5 Å². The van der Waals surface area contributed by atoms with Gasteiger partial charge in [0.2, 0.25) is 0 Å². The molecule has 3 heteroatoms. The SMILES string of the molecule is CCCC1CCN(Cc2ccnc(NC)c2)CC1. The molecule has 1 N–H and O–H groups in total. The molecule has 0 atom stereocenters. The van der Waals surface area contributed by atoms with Crippen LogP contribution in [0.5, 0.6) is 0 Å². The van der Waals surface area contributed by atoms with E-state index >= 15 is 0 Å². The summed E-state index contributed by atoms with van der Waals surface area (Å²) in [4.78, 5) is 6.83. The molecular weight excluding hydrogens is 222 g/mol. The number of rotatable bonds is 5. The van der Waals surface area contributed by atoms with Gasteiger partial charge in [-0.05, 0) is 49.5 Å². The molecule has 1 aromatic rings. The van der Waals surface area contributed by atoms with Gasteiger partial charge in [-0.15, -0.1) is 0 Å². The molecule has 0 radical (unpaired) electrons. The van der Waals surface area contributed by atoms with Crippen LogP contribution in [0, 0.1) is 5.92 Å². The van der Waals surface area contributed by atoms with Crippen molar-refractivity contribution in [1.82, 2.24) is 9.88 Å². The summed E-state index contributed by atoms with van der Waals surface area (Å²) in [6, 6.07) is 4.27. The van der Waals surface area contributed by atoms with Gasteiger partial charge >= 0.3 is 0 Å². The van der Waals surface area contributed by atoms with Gasteiger partial charge in [-0.1, -0.05) is 19.8 Å². The van der Waals surface area contributed by atoms with Gasteiger partial charge < -0.3 is 5.32 Å². The molecule has 0 aliphatic carbocycles. The molecule has 0 spiro atoms. The van der Waals surface area contributed by atoms with E-state index in [1.165, 1.54) is 44.3 Å². The molecule has 0 unspecified atom stereocenters. The maximum absolute atomic E-state index is 4.26. The standard InChI is InChI=1S/C15H25N3/c1-3-4-13-6-9-18(10-7-13)12-14-5-8-17-15(11-14)16-2/h5,8,11,13H,3-4,6-7,9-10,12H2,1-2H3,(H,16,17). The predicted molar refractivity (Wildman–Crippen MR) is 76.7 cm³/mol. The minimum Gasteiger partial charge on any atom is -0.373 e. The average molecular weight is 247 g/mol. The Bertz CT molecular complexity index is 357. The summed E-state index contributed by atoms with van der Waals surface area (Å²) in [5.74, 6) is 1.94. The van der Waals surface area contributed by atoms with Crippen molar-refractivity contribution in [2.45, 2.75) is 39.2 Å². The third-order valence-electron chi connectivity index (χ3n) is 3.89. The fourth-order valence-electron chi connectivity index (χ4n) is 2.81. The number of hydrogen-bond donors (Lipinski definition) is 1. The molecule has 1 aliphatic heterocycles. The molecule has 1 aromatic heterocycles. The van der Waals surface area contributed by atoms with Gasteiger partial charge in [-0.25, -0.2) is 4.98 Å². The maximum Gasteiger partial charge on any atom is 0.125 e. The van der Waals surface area contributed by atoms with E-state index in [4.69, 9.17) is 0 Å². The van der Waals surface area contributed by atoms with Gasteiger partial charge in [-0.2, -0.15) is 0 Å². The van der Waals surface area contributed by atoms with Crippen molar-refractivity contribution in [3.8, 4) is 0 Å². The minimum absolute atomic E-state index is 0.966. The van der Waals surface area contributed by atoms with E-state index in [-0.39, 0.29) is 0 Å². The summed E-state index contributed by atoms with van der Waals surface area (Å²) in [5.41, 5.74) is 1.36. The maximum atomic E-state index is 4.26. The molecule has 3 nitrogen and oxygen atoms in total. The van der Waals surface area contributed by atoms with E-state index in [1.54, 1.807) is 0 Å². The van der Waals surface area contributed by atoms with E-state index in [9.17, 15) is 0 Å². The smallest absolute Gasteiger partial charge is 0.125 e. The molecule has 2 rings (SSSR count). The number of aromatic nitrogens is 1. The Hall–Kier alpha value is -1.09. The molecule has 1 saturated heterocycles. The number of hydrogen-bond acceptors (Lipinski definition) is 3. The normalized spacial score (nSPS) is 17.9. The Morgan fingerprint density at radius 2 is 2.17 bits per heavy atom. The fourth-order valence-corrected chi connectivity index (χ4v) is 2.81. The molecule has 1 fully saturated rings. The van der Waals surface area contributed by atoms with E-state index in [2.05, 4.69) is 34.3 Å². The molecular formula is C15H25N3. The van der Waals surface area contributed by atoms with Gasteiger partial charge in [0, 0.05) is 19.8 Å². The number of anilines is 1. The van der Waals surface area contributed by atoms with E-state index in [0.29, 0.717) is 0 Å². The first-order chi connectivity index (χ1) is 8.81. The van der Waals surface area contributed by atoms with Crippen LogP contribution in [-0.2, 0) is 6.54 Å². The first-order valence-corrected chi connectivity index (χ1v) is 7.17. The van der Waals surface area contributed by atoms with Crippen molar-refractivity contribution in [1.29, 1.82) is 0 Å². The Labute approximate surface area is 111 Å². The largest absolute Gasteiger partial charge is 0.373 e. The highest BCUT2D eigenvalue weighted by molar-refractivity contribution is 5.36. The van der Waals surface area contributed by atoms with Gasteiger partial charge in [-0.3, -0.25) is 4.90 Å². The lowest BCUT2D eigenvalue weighted by Crippen LogP contribution is -2.33. The van der Waals surface area contributed by atoms with E-state index < -0.39 is 0 Å². The quantitative estimate of drug-likeness (QED) is 0.866. The molecule has 0 saturated carbocycles. The van der Waals surface area contributed by atoms with Crippen LogP contribution < -0.4 is 5.32 Å². The van der Waals surface area contributed by atoms with Gasteiger partial charge in [0.25, 0.3) is 0 Å². The van der Waals surface area contributed by atoms with Gasteiger partial charge in [0.15, 0.2) is 0 Å². The van der Waals surface area contributed by atoms with Crippen molar-refractivity contribution in [3.05, 3.63) is 23.9 Å². The summed E-state index contributed by atoms with van der Waals surface area (Å²) in [7, 11) is 1.92. The Balaban J connectivity index is 1.83. The van der Waals surface area contributed by atoms with Crippen LogP contribution in [0.2, 0.25) is 0 Å². The zero-order valence-electron chi connectivity index (χ0n) is 11.7. The highest BCUT2D eigenvalue weighted by atomic mass is 15.1. The second-order valence-corrected chi connectivity index (χ2v) is 5.31. The molecule has 1 aliphatic rings. The Kier molecular flexibility index (Phi) is 5.00. The van der Waals surface area contributed by atoms with E-state index in [1.807, 2.05) is 13.2 Å². The van der Waals surface area contributed by atoms with Crippen LogP contribution >= 0.6 is 0 Å². The first kappa shape index (κ1) is 13.3. The summed E-state index contributed by atoms with van der Waals surface area (Å²) in [5, 5.41) is 3.10. The minimum atomic E-state index is 0.966. The molecule has 0 aromatic carbocycles. The van der Waals surface area contributed by atoms with Crippen molar-refractivity contribution < 1.29 is 0 Å². The number of nitrogens with zero attached hydrogens (tertiary/aromatic N) is 2. The number of nitrogens with one attached hydrogen (secondary N) is 1. The number of piperidine rings is 1. The van der Waals surface area contributed by atoms with Crippen LogP contribution in [0.1, 0.15) is 38.2 Å². The van der Waals surface area contributed by atoms with Crippen LogP contribution in [0.15, 0.2) is 18.3 Å². The third-order valence-corrected chi connectivity index (χ3v) is 3.89. The molecule has 0 bridgehead atoms. The van der Waals surface area contributed by atoms with E-state index in [0.717, 1.165) is 18.3 Å². The number of pyridine rings is 1. The zero-order chi connectivity index (χ0) is 12.8. The van der Waals surface area contributed by atoms with Crippen molar-refractivity contribution in [2.24, 2.45) is 5.92 Å². The Morgan fingerprint density at radius 3 is 2.83 bits per heavy atom.